The number of hydrogen-bond acceptors (Lipinski definition) is 4. The molecule has 39 valence electrons. The Bertz CT molecular complexity index is 94.9. The first-order valence-corrected chi connectivity index (χ1v) is 2.00. The SMILES string of the molecule is O=S(=O)([O-])[O-].[Mg+2].[Mn]. The van der Waals surface area contributed by atoms with Crippen molar-refractivity contribution in [3.8, 4) is 0 Å². The summed E-state index contributed by atoms with van der Waals surface area (Å²) in [5.41, 5.74) is 0. The largest absolute Gasteiger partial charge is 2.00 e. The van der Waals surface area contributed by atoms with E-state index in [1.54, 1.807) is 0 Å². The van der Waals surface area contributed by atoms with Crippen LogP contribution < -0.4 is 0 Å². The normalized spacial score (nSPS) is 8.29. The first kappa shape index (κ1) is 15.7. The molecular weight excluding hydrogens is 175 g/mol. The smallest absolute Gasteiger partial charge is 0.759 e. The maximum atomic E-state index is 8.52. The molecule has 0 N–H and O–H groups in total. The summed E-state index contributed by atoms with van der Waals surface area (Å²) in [5.74, 6) is 0. The quantitative estimate of drug-likeness (QED) is 0.249. The van der Waals surface area contributed by atoms with Crippen LogP contribution >= 0.6 is 0 Å². The molecule has 0 amide bonds. The van der Waals surface area contributed by atoms with E-state index >= 15 is 0 Å². The molecular formula is MgMnO4S. The molecule has 0 heterocycles. The minimum atomic E-state index is -5.17. The fourth-order valence-corrected chi connectivity index (χ4v) is 0. The molecule has 0 aromatic rings. The molecule has 0 aliphatic rings. The summed E-state index contributed by atoms with van der Waals surface area (Å²) in [6, 6.07) is 0. The van der Waals surface area contributed by atoms with Crippen LogP contribution in [0.1, 0.15) is 0 Å². The zero-order valence-corrected chi connectivity index (χ0v) is 6.54. The van der Waals surface area contributed by atoms with Gasteiger partial charge in [0.15, 0.2) is 0 Å². The zero-order chi connectivity index (χ0) is 4.50. The maximum Gasteiger partial charge on any atom is 2.00 e. The van der Waals surface area contributed by atoms with Crippen LogP contribution in [-0.4, -0.2) is 40.6 Å². The van der Waals surface area contributed by atoms with Gasteiger partial charge in [-0.1, -0.05) is 0 Å². The number of rotatable bonds is 0. The molecule has 0 atom stereocenters. The third kappa shape index (κ3) is 142. The van der Waals surface area contributed by atoms with Gasteiger partial charge in [-0.05, 0) is 0 Å². The van der Waals surface area contributed by atoms with Gasteiger partial charge >= 0.3 is 23.1 Å². The van der Waals surface area contributed by atoms with Crippen LogP contribution in [0.15, 0.2) is 0 Å². The van der Waals surface area contributed by atoms with Crippen molar-refractivity contribution >= 4 is 33.5 Å². The predicted molar refractivity (Wildman–Crippen MR) is 16.2 cm³/mol. The van der Waals surface area contributed by atoms with Crippen molar-refractivity contribution in [1.82, 2.24) is 0 Å². The Balaban J connectivity index is -0.0000000800. The van der Waals surface area contributed by atoms with Gasteiger partial charge in [0.1, 0.15) is 0 Å². The average Bonchev–Trinajstić information content (AvgIpc) is 0.722. The molecule has 0 aliphatic heterocycles. The second-order valence-corrected chi connectivity index (χ2v) is 1.22. The van der Waals surface area contributed by atoms with Crippen molar-refractivity contribution in [3.63, 3.8) is 0 Å². The molecule has 0 rings (SSSR count). The standard InChI is InChI=1S/Mg.Mn.H2O4S/c;;1-5(2,3)4/h;;(H2,1,2,3,4)/q+2;;/p-2. The Morgan fingerprint density at radius 3 is 1.14 bits per heavy atom. The molecule has 0 aliphatic carbocycles. The fourth-order valence-electron chi connectivity index (χ4n) is 0. The second kappa shape index (κ2) is 5.30. The van der Waals surface area contributed by atoms with Crippen LogP contribution in [0.5, 0.6) is 0 Å². The Hall–Kier alpha value is 1.16. The van der Waals surface area contributed by atoms with Crippen LogP contribution in [0.2, 0.25) is 0 Å². The molecule has 0 saturated carbocycles. The Morgan fingerprint density at radius 2 is 1.14 bits per heavy atom. The monoisotopic (exact) mass is 175 g/mol. The molecule has 4 nitrogen and oxygen atoms in total. The average molecular weight is 175 g/mol. The van der Waals surface area contributed by atoms with E-state index in [2.05, 4.69) is 0 Å². The molecule has 0 spiro atoms. The summed E-state index contributed by atoms with van der Waals surface area (Å²) in [5, 5.41) is 0. The van der Waals surface area contributed by atoms with E-state index in [4.69, 9.17) is 17.5 Å². The zero-order valence-electron chi connectivity index (χ0n) is 3.13. The van der Waals surface area contributed by atoms with Crippen LogP contribution in [0.3, 0.4) is 0 Å². The molecule has 7 heavy (non-hydrogen) atoms. The summed E-state index contributed by atoms with van der Waals surface area (Å²) in [6.45, 7) is 0. The number of hydrogen-bond donors (Lipinski definition) is 0. The minimum Gasteiger partial charge on any atom is -0.759 e. The Morgan fingerprint density at radius 1 is 1.14 bits per heavy atom. The van der Waals surface area contributed by atoms with Crippen LogP contribution in [0.4, 0.5) is 0 Å². The van der Waals surface area contributed by atoms with Crippen LogP contribution in [0.25, 0.3) is 0 Å². The van der Waals surface area contributed by atoms with E-state index < -0.39 is 10.4 Å². The first-order chi connectivity index (χ1) is 2.00. The van der Waals surface area contributed by atoms with Crippen molar-refractivity contribution < 1.29 is 34.6 Å². The molecule has 0 unspecified atom stereocenters. The maximum absolute atomic E-state index is 8.52. The van der Waals surface area contributed by atoms with Crippen molar-refractivity contribution in [3.05, 3.63) is 0 Å². The fraction of sp³-hybridized carbons (Fsp3) is 0. The molecule has 0 fully saturated rings. The van der Waals surface area contributed by atoms with Gasteiger partial charge in [0.2, 0.25) is 0 Å². The van der Waals surface area contributed by atoms with Gasteiger partial charge in [-0.3, -0.25) is 8.42 Å². The molecule has 0 aromatic heterocycles. The predicted octanol–water partition coefficient (Wildman–Crippen LogP) is -1.72. The van der Waals surface area contributed by atoms with Gasteiger partial charge in [0.25, 0.3) is 0 Å². The summed E-state index contributed by atoms with van der Waals surface area (Å²) < 4.78 is 34.1. The van der Waals surface area contributed by atoms with Gasteiger partial charge in [-0.25, -0.2) is 0 Å². The van der Waals surface area contributed by atoms with Crippen LogP contribution in [0, 0.1) is 0 Å². The summed E-state index contributed by atoms with van der Waals surface area (Å²) >= 11 is 0. The van der Waals surface area contributed by atoms with Gasteiger partial charge < -0.3 is 9.11 Å². The van der Waals surface area contributed by atoms with Crippen molar-refractivity contribution in [2.24, 2.45) is 0 Å². The molecule has 0 aromatic carbocycles. The third-order valence-electron chi connectivity index (χ3n) is 0. The Labute approximate surface area is 67.9 Å². The molecule has 7 heteroatoms. The summed E-state index contributed by atoms with van der Waals surface area (Å²) in [7, 11) is -5.17. The van der Waals surface area contributed by atoms with Crippen molar-refractivity contribution in [2.45, 2.75) is 0 Å². The van der Waals surface area contributed by atoms with E-state index in [9.17, 15) is 0 Å². The summed E-state index contributed by atoms with van der Waals surface area (Å²) in [6.07, 6.45) is 0. The van der Waals surface area contributed by atoms with Crippen molar-refractivity contribution in [1.29, 1.82) is 0 Å². The van der Waals surface area contributed by atoms with Gasteiger partial charge in [-0.2, -0.15) is 0 Å². The first-order valence-electron chi connectivity index (χ1n) is 0.667. The topological polar surface area (TPSA) is 80.3 Å². The van der Waals surface area contributed by atoms with Crippen LogP contribution in [-0.2, 0) is 27.5 Å². The van der Waals surface area contributed by atoms with E-state index in [0.717, 1.165) is 0 Å². The van der Waals surface area contributed by atoms with E-state index in [0.29, 0.717) is 0 Å². The van der Waals surface area contributed by atoms with E-state index in [1.807, 2.05) is 0 Å². The molecule has 0 saturated heterocycles. The van der Waals surface area contributed by atoms with Crippen molar-refractivity contribution in [2.75, 3.05) is 0 Å². The Kier molecular flexibility index (Phi) is 11.9. The van der Waals surface area contributed by atoms with Gasteiger partial charge in [-0.15, -0.1) is 0 Å². The second-order valence-electron chi connectivity index (χ2n) is 0.408. The molecule has 1 radical (unpaired) electrons. The third-order valence-corrected chi connectivity index (χ3v) is 0. The summed E-state index contributed by atoms with van der Waals surface area (Å²) in [4.78, 5) is 0. The van der Waals surface area contributed by atoms with E-state index in [1.165, 1.54) is 0 Å². The van der Waals surface area contributed by atoms with E-state index in [-0.39, 0.29) is 40.1 Å². The van der Waals surface area contributed by atoms with Gasteiger partial charge in [0, 0.05) is 27.5 Å². The molecule has 0 bridgehead atoms. The van der Waals surface area contributed by atoms with Gasteiger partial charge in [0.05, 0.1) is 0 Å². The minimum absolute atomic E-state index is 0.